The van der Waals surface area contributed by atoms with E-state index in [2.05, 4.69) is 0 Å². The van der Waals surface area contributed by atoms with Crippen molar-refractivity contribution < 1.29 is 9.53 Å². The van der Waals surface area contributed by atoms with Crippen LogP contribution in [0.25, 0.3) is 0 Å². The van der Waals surface area contributed by atoms with Crippen molar-refractivity contribution in [2.24, 2.45) is 11.7 Å². The minimum absolute atomic E-state index is 0.139. The molecule has 0 heterocycles. The third-order valence-electron chi connectivity index (χ3n) is 2.07. The lowest BCUT2D eigenvalue weighted by molar-refractivity contribution is 0.0886. The Kier molecular flexibility index (Phi) is 6.28. The van der Waals surface area contributed by atoms with Crippen LogP contribution in [0.4, 0.5) is 4.79 Å². The number of carbonyl (C=O) groups excluding carboxylic acids is 1. The molecule has 1 amide bonds. The third-order valence-corrected chi connectivity index (χ3v) is 2.07. The summed E-state index contributed by atoms with van der Waals surface area (Å²) in [5.74, 6) is 0.372. The second-order valence-electron chi connectivity index (χ2n) is 4.01. The Morgan fingerprint density at radius 1 is 1.43 bits per heavy atom. The predicted octanol–water partition coefficient (Wildman–Crippen LogP) is 1.45. The number of carbonyl (C=O) groups is 1. The molecule has 0 aromatic heterocycles. The van der Waals surface area contributed by atoms with Gasteiger partial charge >= 0.3 is 6.09 Å². The molecule has 4 nitrogen and oxygen atoms in total. The summed E-state index contributed by atoms with van der Waals surface area (Å²) in [5.41, 5.74) is 5.41. The lowest BCUT2D eigenvalue weighted by Gasteiger charge is -2.24. The lowest BCUT2D eigenvalue weighted by Crippen LogP contribution is -2.37. The topological polar surface area (TPSA) is 55.6 Å². The van der Waals surface area contributed by atoms with E-state index in [0.29, 0.717) is 19.1 Å². The molecule has 0 saturated heterocycles. The summed E-state index contributed by atoms with van der Waals surface area (Å²) in [5, 5.41) is 0. The summed E-state index contributed by atoms with van der Waals surface area (Å²) in [6.45, 7) is 7.04. The van der Waals surface area contributed by atoms with Crippen LogP contribution in [0.1, 0.15) is 27.2 Å². The zero-order chi connectivity index (χ0) is 11.1. The molecule has 1 unspecified atom stereocenters. The standard InChI is InChI=1S/C10H22N2O2/c1-8(2)7-14-10(13)12(4)9(3)5-6-11/h8-9H,5-7,11H2,1-4H3. The lowest BCUT2D eigenvalue weighted by atomic mass is 10.2. The van der Waals surface area contributed by atoms with Crippen LogP contribution >= 0.6 is 0 Å². The molecule has 4 heteroatoms. The second kappa shape index (κ2) is 6.65. The van der Waals surface area contributed by atoms with Crippen LogP contribution in [-0.2, 0) is 4.74 Å². The van der Waals surface area contributed by atoms with Crippen LogP contribution < -0.4 is 5.73 Å². The van der Waals surface area contributed by atoms with Gasteiger partial charge < -0.3 is 15.4 Å². The van der Waals surface area contributed by atoms with Gasteiger partial charge in [-0.25, -0.2) is 4.79 Å². The van der Waals surface area contributed by atoms with Gasteiger partial charge in [-0.3, -0.25) is 0 Å². The van der Waals surface area contributed by atoms with Gasteiger partial charge in [0.15, 0.2) is 0 Å². The van der Waals surface area contributed by atoms with Crippen molar-refractivity contribution >= 4 is 6.09 Å². The van der Waals surface area contributed by atoms with Gasteiger partial charge in [0.05, 0.1) is 6.61 Å². The number of nitrogens with zero attached hydrogens (tertiary/aromatic N) is 1. The largest absolute Gasteiger partial charge is 0.449 e. The van der Waals surface area contributed by atoms with Gasteiger partial charge in [-0.15, -0.1) is 0 Å². The van der Waals surface area contributed by atoms with Crippen molar-refractivity contribution in [2.75, 3.05) is 20.2 Å². The van der Waals surface area contributed by atoms with Crippen molar-refractivity contribution in [2.45, 2.75) is 33.2 Å². The van der Waals surface area contributed by atoms with Gasteiger partial charge in [-0.05, 0) is 25.8 Å². The third kappa shape index (κ3) is 5.07. The highest BCUT2D eigenvalue weighted by molar-refractivity contribution is 5.67. The summed E-state index contributed by atoms with van der Waals surface area (Å²) in [6, 6.07) is 0.139. The monoisotopic (exact) mass is 202 g/mol. The van der Waals surface area contributed by atoms with E-state index in [1.807, 2.05) is 20.8 Å². The predicted molar refractivity (Wildman–Crippen MR) is 57.1 cm³/mol. The Balaban J connectivity index is 3.86. The first-order valence-corrected chi connectivity index (χ1v) is 5.08. The Morgan fingerprint density at radius 2 is 2.00 bits per heavy atom. The van der Waals surface area contributed by atoms with Gasteiger partial charge in [0.25, 0.3) is 0 Å². The summed E-state index contributed by atoms with van der Waals surface area (Å²) < 4.78 is 5.08. The zero-order valence-electron chi connectivity index (χ0n) is 9.62. The van der Waals surface area contributed by atoms with Crippen LogP contribution in [0.5, 0.6) is 0 Å². The Labute approximate surface area is 86.4 Å². The second-order valence-corrected chi connectivity index (χ2v) is 4.01. The number of ether oxygens (including phenoxy) is 1. The molecule has 0 fully saturated rings. The molecule has 0 saturated carbocycles. The fourth-order valence-electron chi connectivity index (χ4n) is 0.955. The average molecular weight is 202 g/mol. The maximum atomic E-state index is 11.4. The summed E-state index contributed by atoms with van der Waals surface area (Å²) in [7, 11) is 1.74. The minimum Gasteiger partial charge on any atom is -0.449 e. The first kappa shape index (κ1) is 13.2. The Bertz CT molecular complexity index is 172. The maximum absolute atomic E-state index is 11.4. The normalized spacial score (nSPS) is 12.7. The fraction of sp³-hybridized carbons (Fsp3) is 0.900. The molecule has 0 spiro atoms. The van der Waals surface area contributed by atoms with E-state index >= 15 is 0 Å². The average Bonchev–Trinajstić information content (AvgIpc) is 2.13. The van der Waals surface area contributed by atoms with Crippen molar-refractivity contribution in [3.05, 3.63) is 0 Å². The first-order valence-electron chi connectivity index (χ1n) is 5.08. The molecule has 0 aliphatic heterocycles. The molecular formula is C10H22N2O2. The molecule has 0 rings (SSSR count). The van der Waals surface area contributed by atoms with E-state index in [0.717, 1.165) is 6.42 Å². The summed E-state index contributed by atoms with van der Waals surface area (Å²) >= 11 is 0. The highest BCUT2D eigenvalue weighted by atomic mass is 16.6. The number of nitrogens with two attached hydrogens (primary N) is 1. The molecule has 0 aromatic rings. The molecule has 0 aliphatic carbocycles. The molecule has 84 valence electrons. The molecular weight excluding hydrogens is 180 g/mol. The molecule has 14 heavy (non-hydrogen) atoms. The number of rotatable bonds is 5. The van der Waals surface area contributed by atoms with E-state index in [1.165, 1.54) is 0 Å². The minimum atomic E-state index is -0.264. The number of hydrogen-bond acceptors (Lipinski definition) is 3. The quantitative estimate of drug-likeness (QED) is 0.734. The highest BCUT2D eigenvalue weighted by Gasteiger charge is 2.16. The summed E-state index contributed by atoms with van der Waals surface area (Å²) in [4.78, 5) is 13.0. The zero-order valence-corrected chi connectivity index (χ0v) is 9.62. The van der Waals surface area contributed by atoms with Crippen LogP contribution in [0.15, 0.2) is 0 Å². The molecule has 0 bridgehead atoms. The van der Waals surface area contributed by atoms with Gasteiger partial charge in [0, 0.05) is 13.1 Å². The van der Waals surface area contributed by atoms with E-state index < -0.39 is 0 Å². The van der Waals surface area contributed by atoms with Crippen LogP contribution in [-0.4, -0.2) is 37.2 Å². The SMILES string of the molecule is CC(C)COC(=O)N(C)C(C)CCN. The van der Waals surface area contributed by atoms with Gasteiger partial charge in [0.2, 0.25) is 0 Å². The van der Waals surface area contributed by atoms with Crippen molar-refractivity contribution in [1.82, 2.24) is 4.90 Å². The van der Waals surface area contributed by atoms with E-state index in [-0.39, 0.29) is 12.1 Å². The molecule has 2 N–H and O–H groups in total. The van der Waals surface area contributed by atoms with Gasteiger partial charge in [-0.1, -0.05) is 13.8 Å². The van der Waals surface area contributed by atoms with Gasteiger partial charge in [0.1, 0.15) is 0 Å². The maximum Gasteiger partial charge on any atom is 0.409 e. The molecule has 1 atom stereocenters. The van der Waals surface area contributed by atoms with Crippen molar-refractivity contribution in [3.8, 4) is 0 Å². The number of amides is 1. The van der Waals surface area contributed by atoms with Crippen LogP contribution in [0.2, 0.25) is 0 Å². The number of hydrogen-bond donors (Lipinski definition) is 1. The smallest absolute Gasteiger partial charge is 0.409 e. The Hall–Kier alpha value is -0.770. The molecule has 0 radical (unpaired) electrons. The summed E-state index contributed by atoms with van der Waals surface area (Å²) in [6.07, 6.45) is 0.535. The van der Waals surface area contributed by atoms with Crippen LogP contribution in [0, 0.1) is 5.92 Å². The first-order chi connectivity index (χ1) is 6.49. The highest BCUT2D eigenvalue weighted by Crippen LogP contribution is 2.03. The van der Waals surface area contributed by atoms with Crippen molar-refractivity contribution in [3.63, 3.8) is 0 Å². The van der Waals surface area contributed by atoms with Crippen molar-refractivity contribution in [1.29, 1.82) is 0 Å². The van der Waals surface area contributed by atoms with E-state index in [9.17, 15) is 4.79 Å². The molecule has 0 aromatic carbocycles. The van der Waals surface area contributed by atoms with Crippen LogP contribution in [0.3, 0.4) is 0 Å². The molecule has 0 aliphatic rings. The van der Waals surface area contributed by atoms with Gasteiger partial charge in [-0.2, -0.15) is 0 Å². The van der Waals surface area contributed by atoms with E-state index in [1.54, 1.807) is 11.9 Å². The fourth-order valence-corrected chi connectivity index (χ4v) is 0.955. The Morgan fingerprint density at radius 3 is 2.43 bits per heavy atom. The van der Waals surface area contributed by atoms with E-state index in [4.69, 9.17) is 10.5 Å².